The second kappa shape index (κ2) is 28.3. The molecule has 6 aromatic heterocycles. The Bertz CT molecular complexity index is 3830. The van der Waals surface area contributed by atoms with Crippen molar-refractivity contribution >= 4 is 94.8 Å². The number of aromatic amines is 3. The summed E-state index contributed by atoms with van der Waals surface area (Å²) < 4.78 is 15.8. The number of halogens is 1. The van der Waals surface area contributed by atoms with Crippen LogP contribution >= 0.6 is 28.7 Å². The van der Waals surface area contributed by atoms with Crippen molar-refractivity contribution in [1.29, 1.82) is 16.2 Å². The van der Waals surface area contributed by atoms with Gasteiger partial charge in [-0.1, -0.05) is 66.4 Å². The minimum atomic E-state index is -0.348. The van der Waals surface area contributed by atoms with Gasteiger partial charge in [0.2, 0.25) is 0 Å². The molecule has 0 unspecified atom stereocenters. The van der Waals surface area contributed by atoms with Crippen molar-refractivity contribution < 1.29 is 18.2 Å². The Labute approximate surface area is 498 Å². The van der Waals surface area contributed by atoms with Gasteiger partial charge in [0.1, 0.15) is 16.6 Å². The fourth-order valence-corrected chi connectivity index (χ4v) is 11.5. The van der Waals surface area contributed by atoms with Crippen LogP contribution in [0.4, 0.5) is 5.69 Å². The van der Waals surface area contributed by atoms with Gasteiger partial charge in [0, 0.05) is 119 Å². The number of hydrogen-bond donors (Lipinski definition) is 6. The van der Waals surface area contributed by atoms with Gasteiger partial charge in [-0.05, 0) is 166 Å². The van der Waals surface area contributed by atoms with E-state index in [1.807, 2.05) is 48.7 Å². The maximum Gasteiger partial charge on any atom is 0.270 e. The smallest absolute Gasteiger partial charge is 0.270 e. The van der Waals surface area contributed by atoms with E-state index in [0.717, 1.165) is 77.9 Å². The summed E-state index contributed by atoms with van der Waals surface area (Å²) in [7, 11) is 6.44. The third-order valence-corrected chi connectivity index (χ3v) is 16.4. The summed E-state index contributed by atoms with van der Waals surface area (Å²) in [5, 5.41) is 39.0. The van der Waals surface area contributed by atoms with Gasteiger partial charge in [0.15, 0.2) is 5.76 Å². The number of hydrogen-bond acceptors (Lipinski definition) is 12. The monoisotopic (exact) mass is 1190 g/mol. The molecule has 3 aliphatic heterocycles. The van der Waals surface area contributed by atoms with Gasteiger partial charge in [-0.15, -0.1) is 17.0 Å². The van der Waals surface area contributed by atoms with Crippen molar-refractivity contribution in [2.24, 2.45) is 0 Å². The molecule has 0 amide bonds. The summed E-state index contributed by atoms with van der Waals surface area (Å²) in [5.41, 5.74) is 14.5. The Kier molecular flexibility index (Phi) is 20.3. The molecule has 0 radical (unpaired) electrons. The number of thioether (sulfide) groups is 1. The van der Waals surface area contributed by atoms with E-state index in [0.29, 0.717) is 52.5 Å². The minimum absolute atomic E-state index is 0. The van der Waals surface area contributed by atoms with E-state index >= 15 is 0 Å². The Balaban J connectivity index is 0.000000135. The summed E-state index contributed by atoms with van der Waals surface area (Å²) in [6.45, 7) is 6.39. The Morgan fingerprint density at radius 1 is 0.578 bits per heavy atom. The molecular weight excluding hydrogens is 1120 g/mol. The van der Waals surface area contributed by atoms with Crippen LogP contribution in [0.15, 0.2) is 184 Å². The number of rotatable bonds is 13. The summed E-state index contributed by atoms with van der Waals surface area (Å²) in [6.07, 6.45) is 21.3. The summed E-state index contributed by atoms with van der Waals surface area (Å²) in [5.74, 6) is 3.37. The highest BCUT2D eigenvalue weighted by Crippen LogP contribution is 2.35. The fourth-order valence-electron chi connectivity index (χ4n) is 10.7. The molecule has 83 heavy (non-hydrogen) atoms. The van der Waals surface area contributed by atoms with Crippen molar-refractivity contribution in [2.45, 2.75) is 50.2 Å². The number of nitrogens with zero attached hydrogens (tertiary/aromatic N) is 4. The SMILES string of the molecule is Br.CN1CC=C(c2c[nH]c3ccc(CC(=N)c4ccco4)cc23)CC1.CN1CC=C(c2c[nH]c3ccc([N+](=O)[O-])cc23)CC1.CN1CCC(c2c[nH]c3ccc(CC(=N)c4ccco4)cc23)CC1.N=C(SCc1ccccc1)c1ccco1. The highest BCUT2D eigenvalue weighted by Gasteiger charge is 2.22. The number of aromatic nitrogens is 3. The number of likely N-dealkylation sites (tertiary alicyclic amines) is 1. The van der Waals surface area contributed by atoms with Crippen molar-refractivity contribution in [3.8, 4) is 0 Å². The lowest BCUT2D eigenvalue weighted by atomic mass is 9.89. The molecule has 0 atom stereocenters. The van der Waals surface area contributed by atoms with Crippen molar-refractivity contribution in [2.75, 3.05) is 60.4 Å². The number of likely N-dealkylation sites (N-methyl/N-ethyl adjacent to an activating group) is 2. The molecule has 0 bridgehead atoms. The van der Waals surface area contributed by atoms with Crippen molar-refractivity contribution in [1.82, 2.24) is 29.7 Å². The van der Waals surface area contributed by atoms with Gasteiger partial charge in [-0.3, -0.25) is 15.5 Å². The number of nitro benzene ring substituents is 1. The standard InChI is InChI=1S/C20H23N3O.C20H21N3O.C14H15N3O2.C12H11NOS.BrH/c2*1-23-8-6-15(7-9-23)17-13-22-19-5-4-14(11-16(17)19)12-18(21)20-3-2-10-24-20;1-16-6-4-10(5-7-16)13-9-15-14-3-2-11(17(18)19)8-12(13)14;13-12(11-7-4-8-14-11)15-9-10-5-2-1-3-6-10;/h2-5,10-11,13,15,21-22H,6-9,12H2,1H3;2-6,10-11,13,21-22H,7-9,12H2,1H3;2-4,8-9,15H,5-7H2,1H3;1-8,13H,9H2;1H. The number of non-ortho nitro benzene ring substituents is 1. The normalized spacial score (nSPS) is 15.0. The number of nitro groups is 1. The topological polar surface area (TPSA) is 211 Å². The molecular formula is C66H71BrN10O5S. The van der Waals surface area contributed by atoms with Crippen LogP contribution < -0.4 is 0 Å². The first kappa shape index (κ1) is 59.6. The third-order valence-electron chi connectivity index (χ3n) is 15.4. The van der Waals surface area contributed by atoms with E-state index < -0.39 is 0 Å². The molecule has 428 valence electrons. The second-order valence-corrected chi connectivity index (χ2v) is 22.3. The molecule has 6 N–H and O–H groups in total. The van der Waals surface area contributed by atoms with Gasteiger partial charge in [0.25, 0.3) is 5.69 Å². The molecule has 1 fully saturated rings. The largest absolute Gasteiger partial charge is 0.463 e. The molecule has 0 saturated carbocycles. The Morgan fingerprint density at radius 2 is 1.07 bits per heavy atom. The van der Waals surface area contributed by atoms with E-state index in [1.54, 1.807) is 43.1 Å². The van der Waals surface area contributed by atoms with Gasteiger partial charge < -0.3 is 53.7 Å². The van der Waals surface area contributed by atoms with Gasteiger partial charge in [0.05, 0.1) is 35.1 Å². The number of furan rings is 3. The van der Waals surface area contributed by atoms with E-state index in [9.17, 15) is 10.1 Å². The Morgan fingerprint density at radius 3 is 1.58 bits per heavy atom. The van der Waals surface area contributed by atoms with Crippen LogP contribution in [-0.2, 0) is 18.6 Å². The first-order chi connectivity index (χ1) is 39.9. The van der Waals surface area contributed by atoms with Crippen LogP contribution in [-0.4, -0.2) is 111 Å². The van der Waals surface area contributed by atoms with Crippen LogP contribution in [0.5, 0.6) is 0 Å². The summed E-state index contributed by atoms with van der Waals surface area (Å²) >= 11 is 1.48. The van der Waals surface area contributed by atoms with E-state index in [2.05, 4.69) is 124 Å². The summed E-state index contributed by atoms with van der Waals surface area (Å²) in [4.78, 5) is 27.5. The molecule has 4 aromatic carbocycles. The quantitative estimate of drug-likeness (QED) is 0.0280. The minimum Gasteiger partial charge on any atom is -0.463 e. The van der Waals surface area contributed by atoms with Crippen LogP contribution in [0.2, 0.25) is 0 Å². The molecule has 1 saturated heterocycles. The lowest BCUT2D eigenvalue weighted by molar-refractivity contribution is -0.384. The number of nitrogens with one attached hydrogen (secondary N) is 6. The number of piperidine rings is 1. The van der Waals surface area contributed by atoms with E-state index in [4.69, 9.17) is 29.5 Å². The average molecular weight is 1200 g/mol. The van der Waals surface area contributed by atoms with Crippen molar-refractivity contribution in [3.63, 3.8) is 0 Å². The first-order valence-corrected chi connectivity index (χ1v) is 28.8. The molecule has 13 rings (SSSR count). The summed E-state index contributed by atoms with van der Waals surface area (Å²) in [6, 6.07) is 38.9. The maximum atomic E-state index is 10.9. The Hall–Kier alpha value is -8.06. The van der Waals surface area contributed by atoms with E-state index in [1.165, 1.54) is 87.9 Å². The molecule has 10 aromatic rings. The van der Waals surface area contributed by atoms with Gasteiger partial charge in [-0.2, -0.15) is 0 Å². The highest BCUT2D eigenvalue weighted by atomic mass is 79.9. The molecule has 0 aliphatic carbocycles. The number of H-pyrrole nitrogens is 3. The van der Waals surface area contributed by atoms with Crippen LogP contribution in [0.25, 0.3) is 43.9 Å². The van der Waals surface area contributed by atoms with Gasteiger partial charge in [-0.25, -0.2) is 0 Å². The fraction of sp³-hybridized carbons (Fsp3) is 0.258. The predicted octanol–water partition coefficient (Wildman–Crippen LogP) is 15.2. The third kappa shape index (κ3) is 15.3. The maximum absolute atomic E-state index is 10.9. The first-order valence-electron chi connectivity index (χ1n) is 27.8. The zero-order valence-corrected chi connectivity index (χ0v) is 49.6. The van der Waals surface area contributed by atoms with Crippen molar-refractivity contribution in [3.05, 3.63) is 232 Å². The van der Waals surface area contributed by atoms with Gasteiger partial charge >= 0.3 is 0 Å². The van der Waals surface area contributed by atoms with Crippen LogP contribution in [0.3, 0.4) is 0 Å². The average Bonchev–Trinajstić information content (AvgIpc) is 4.58. The van der Waals surface area contributed by atoms with E-state index in [-0.39, 0.29) is 27.6 Å². The molecule has 17 heteroatoms. The lowest BCUT2D eigenvalue weighted by Gasteiger charge is -2.28. The molecule has 0 spiro atoms. The molecule has 15 nitrogen and oxygen atoms in total. The zero-order valence-electron chi connectivity index (χ0n) is 47.1. The highest BCUT2D eigenvalue weighted by molar-refractivity contribution is 8.93. The second-order valence-electron chi connectivity index (χ2n) is 21.3. The predicted molar refractivity (Wildman–Crippen MR) is 343 cm³/mol. The molecule has 9 heterocycles. The number of benzene rings is 4. The van der Waals surface area contributed by atoms with Crippen LogP contribution in [0.1, 0.15) is 82.3 Å². The molecule has 3 aliphatic rings. The number of fused-ring (bicyclic) bond motifs is 3. The zero-order chi connectivity index (χ0) is 57.0. The lowest BCUT2D eigenvalue weighted by Crippen LogP contribution is -2.29. The van der Waals surface area contributed by atoms with Crippen LogP contribution in [0, 0.1) is 26.3 Å².